The Balaban J connectivity index is 1.62. The number of nitrogens with one attached hydrogen (secondary N) is 1. The number of benzene rings is 2. The van der Waals surface area contributed by atoms with Crippen molar-refractivity contribution in [1.29, 1.82) is 0 Å². The highest BCUT2D eigenvalue weighted by molar-refractivity contribution is 7.16. The van der Waals surface area contributed by atoms with Crippen LogP contribution in [0.4, 0.5) is 0 Å². The molecule has 8 heteroatoms. The number of aromatic nitrogens is 1. The summed E-state index contributed by atoms with van der Waals surface area (Å²) in [5.74, 6) is 0.331. The van der Waals surface area contributed by atoms with Gasteiger partial charge in [0.2, 0.25) is 0 Å². The van der Waals surface area contributed by atoms with Crippen molar-refractivity contribution >= 4 is 33.4 Å². The van der Waals surface area contributed by atoms with E-state index >= 15 is 0 Å². The van der Waals surface area contributed by atoms with Crippen molar-refractivity contribution < 1.29 is 14.0 Å². The van der Waals surface area contributed by atoms with Crippen molar-refractivity contribution in [2.75, 3.05) is 27.2 Å². The molecule has 0 saturated carbocycles. The van der Waals surface area contributed by atoms with Gasteiger partial charge in [0.05, 0.1) is 16.8 Å². The van der Waals surface area contributed by atoms with Crippen LogP contribution in [0.2, 0.25) is 0 Å². The van der Waals surface area contributed by atoms with Crippen molar-refractivity contribution in [1.82, 2.24) is 14.8 Å². The minimum absolute atomic E-state index is 0.247. The zero-order valence-corrected chi connectivity index (χ0v) is 19.7. The minimum Gasteiger partial charge on any atom is -0.454 e. The number of fused-ring (bicyclic) bond motifs is 1. The summed E-state index contributed by atoms with van der Waals surface area (Å²) in [6.07, 6.45) is 0. The second-order valence-electron chi connectivity index (χ2n) is 8.05. The fraction of sp³-hybridized carbons (Fsp3) is 0.240. The summed E-state index contributed by atoms with van der Waals surface area (Å²) in [7, 11) is 3.90. The van der Waals surface area contributed by atoms with E-state index in [1.165, 1.54) is 11.3 Å². The van der Waals surface area contributed by atoms with Crippen LogP contribution in [0.25, 0.3) is 10.2 Å². The van der Waals surface area contributed by atoms with Crippen molar-refractivity contribution in [3.63, 3.8) is 0 Å². The Morgan fingerprint density at radius 3 is 2.58 bits per heavy atom. The number of hydrogen-bond donors (Lipinski definition) is 1. The Bertz CT molecular complexity index is 1350. The number of rotatable bonds is 7. The van der Waals surface area contributed by atoms with Crippen LogP contribution in [-0.4, -0.2) is 48.5 Å². The number of aryl methyl sites for hydroxylation is 1. The average molecular weight is 463 g/mol. The highest BCUT2D eigenvalue weighted by Gasteiger charge is 2.14. The molecule has 2 aromatic carbocycles. The molecule has 2 aromatic heterocycles. The van der Waals surface area contributed by atoms with Gasteiger partial charge in [0.15, 0.2) is 10.6 Å². The summed E-state index contributed by atoms with van der Waals surface area (Å²) in [4.78, 5) is 32.1. The van der Waals surface area contributed by atoms with Gasteiger partial charge in [-0.25, -0.2) is 0 Å². The first kappa shape index (κ1) is 22.7. The maximum absolute atomic E-state index is 12.8. The minimum atomic E-state index is -0.296. The van der Waals surface area contributed by atoms with E-state index in [0.29, 0.717) is 29.2 Å². The molecule has 170 valence electrons. The molecule has 0 fully saturated rings. The van der Waals surface area contributed by atoms with Crippen LogP contribution < -0.4 is 10.1 Å². The number of carbonyl (C=O) groups excluding carboxylic acids is 2. The lowest BCUT2D eigenvalue weighted by Crippen LogP contribution is -2.31. The number of furan rings is 1. The van der Waals surface area contributed by atoms with Gasteiger partial charge in [-0.05, 0) is 57.4 Å². The highest BCUT2D eigenvalue weighted by atomic mass is 32.1. The number of thiazole rings is 1. The summed E-state index contributed by atoms with van der Waals surface area (Å²) < 4.78 is 8.77. The van der Waals surface area contributed by atoms with Crippen molar-refractivity contribution in [3.8, 4) is 0 Å². The first-order valence-electron chi connectivity index (χ1n) is 10.7. The van der Waals surface area contributed by atoms with Crippen LogP contribution in [0.15, 0.2) is 70.1 Å². The van der Waals surface area contributed by atoms with E-state index < -0.39 is 0 Å². The summed E-state index contributed by atoms with van der Waals surface area (Å²) >= 11 is 1.45. The maximum atomic E-state index is 12.8. The van der Waals surface area contributed by atoms with Gasteiger partial charge in [0, 0.05) is 18.7 Å². The van der Waals surface area contributed by atoms with E-state index in [9.17, 15) is 9.59 Å². The number of likely N-dealkylation sites (N-methyl/N-ethyl adjacent to an activating group) is 1. The molecule has 0 aliphatic heterocycles. The molecule has 0 unspecified atom stereocenters. The molecule has 0 radical (unpaired) electrons. The second kappa shape index (κ2) is 9.97. The van der Waals surface area contributed by atoms with Crippen molar-refractivity contribution in [3.05, 3.63) is 88.1 Å². The second-order valence-corrected chi connectivity index (χ2v) is 9.06. The van der Waals surface area contributed by atoms with Gasteiger partial charge in [0.25, 0.3) is 11.8 Å². The van der Waals surface area contributed by atoms with Crippen molar-refractivity contribution in [2.45, 2.75) is 13.5 Å². The number of carbonyl (C=O) groups is 2. The molecule has 0 atom stereocenters. The highest BCUT2D eigenvalue weighted by Crippen LogP contribution is 2.19. The Hall–Kier alpha value is -3.49. The molecular weight excluding hydrogens is 436 g/mol. The van der Waals surface area contributed by atoms with E-state index in [1.807, 2.05) is 66.9 Å². The van der Waals surface area contributed by atoms with Crippen LogP contribution >= 0.6 is 11.3 Å². The Kier molecular flexibility index (Phi) is 6.86. The zero-order valence-electron chi connectivity index (χ0n) is 18.9. The smallest absolute Gasteiger partial charge is 0.287 e. The van der Waals surface area contributed by atoms with E-state index in [-0.39, 0.29) is 17.6 Å². The standard InChI is InChI=1S/C25H26N4O3S/c1-17-8-10-18(11-9-17)23(30)27-25-29(20-6-4-5-7-22(20)33-25)16-19-12-13-21(32-19)24(31)26-14-15-28(2)3/h4-13H,14-16H2,1-3H3,(H,26,31). The summed E-state index contributed by atoms with van der Waals surface area (Å²) in [5, 5.41) is 2.85. The predicted octanol–water partition coefficient (Wildman–Crippen LogP) is 3.69. The molecule has 0 aliphatic rings. The summed E-state index contributed by atoms with van der Waals surface area (Å²) in [5.41, 5.74) is 2.58. The third kappa shape index (κ3) is 5.47. The molecule has 0 bridgehead atoms. The summed E-state index contributed by atoms with van der Waals surface area (Å²) in [6.45, 7) is 3.62. The molecule has 1 N–H and O–H groups in total. The SMILES string of the molecule is Cc1ccc(C(=O)N=c2sc3ccccc3n2Cc2ccc(C(=O)NCCN(C)C)o2)cc1. The molecule has 0 spiro atoms. The molecule has 2 heterocycles. The van der Waals surface area contributed by atoms with Crippen molar-refractivity contribution in [2.24, 2.45) is 4.99 Å². The average Bonchev–Trinajstić information content (AvgIpc) is 3.39. The van der Waals surface area contributed by atoms with Crippen LogP contribution in [0.3, 0.4) is 0 Å². The fourth-order valence-corrected chi connectivity index (χ4v) is 4.36. The van der Waals surface area contributed by atoms with Gasteiger partial charge < -0.3 is 19.2 Å². The fourth-order valence-electron chi connectivity index (χ4n) is 3.33. The molecule has 0 aliphatic carbocycles. The third-order valence-electron chi connectivity index (χ3n) is 5.13. The molecule has 33 heavy (non-hydrogen) atoms. The summed E-state index contributed by atoms with van der Waals surface area (Å²) in [6, 6.07) is 18.7. The van der Waals surface area contributed by atoms with Gasteiger partial charge in [-0.15, -0.1) is 0 Å². The lowest BCUT2D eigenvalue weighted by atomic mass is 10.1. The van der Waals surface area contributed by atoms with E-state index in [2.05, 4.69) is 10.3 Å². The van der Waals surface area contributed by atoms with Gasteiger partial charge in [0.1, 0.15) is 5.76 Å². The quantitative estimate of drug-likeness (QED) is 0.454. The number of amides is 2. The van der Waals surface area contributed by atoms with Gasteiger partial charge in [-0.3, -0.25) is 9.59 Å². The number of nitrogens with zero attached hydrogens (tertiary/aromatic N) is 3. The first-order chi connectivity index (χ1) is 15.9. The molecule has 0 saturated heterocycles. The van der Waals surface area contributed by atoms with Gasteiger partial charge in [-0.2, -0.15) is 4.99 Å². The van der Waals surface area contributed by atoms with Crippen LogP contribution in [0.5, 0.6) is 0 Å². The Morgan fingerprint density at radius 1 is 1.06 bits per heavy atom. The maximum Gasteiger partial charge on any atom is 0.287 e. The number of para-hydroxylation sites is 1. The zero-order chi connectivity index (χ0) is 23.4. The van der Waals surface area contributed by atoms with E-state index in [0.717, 1.165) is 22.3 Å². The molecule has 4 aromatic rings. The van der Waals surface area contributed by atoms with Crippen LogP contribution in [0, 0.1) is 6.92 Å². The normalized spacial score (nSPS) is 11.9. The lowest BCUT2D eigenvalue weighted by Gasteiger charge is -2.09. The predicted molar refractivity (Wildman–Crippen MR) is 130 cm³/mol. The van der Waals surface area contributed by atoms with E-state index in [4.69, 9.17) is 4.42 Å². The first-order valence-corrected chi connectivity index (χ1v) is 11.5. The Morgan fingerprint density at radius 2 is 1.82 bits per heavy atom. The van der Waals surface area contributed by atoms with Gasteiger partial charge >= 0.3 is 0 Å². The third-order valence-corrected chi connectivity index (χ3v) is 6.19. The molecule has 2 amide bonds. The van der Waals surface area contributed by atoms with Crippen LogP contribution in [0.1, 0.15) is 32.2 Å². The Labute approximate surface area is 196 Å². The van der Waals surface area contributed by atoms with Gasteiger partial charge in [-0.1, -0.05) is 41.2 Å². The molecule has 7 nitrogen and oxygen atoms in total. The van der Waals surface area contributed by atoms with E-state index in [1.54, 1.807) is 24.3 Å². The lowest BCUT2D eigenvalue weighted by molar-refractivity contribution is 0.0921. The number of hydrogen-bond acceptors (Lipinski definition) is 5. The van der Waals surface area contributed by atoms with Crippen LogP contribution in [-0.2, 0) is 6.54 Å². The molecular formula is C25H26N4O3S. The topological polar surface area (TPSA) is 79.8 Å². The monoisotopic (exact) mass is 462 g/mol. The largest absolute Gasteiger partial charge is 0.454 e. The molecule has 4 rings (SSSR count).